The van der Waals surface area contributed by atoms with Crippen molar-refractivity contribution in [3.8, 4) is 0 Å². The number of benzene rings is 1. The molecule has 1 aliphatic heterocycles. The van der Waals surface area contributed by atoms with Gasteiger partial charge in [0.2, 0.25) is 0 Å². The lowest BCUT2D eigenvalue weighted by Gasteiger charge is -2.21. The van der Waals surface area contributed by atoms with E-state index in [1.165, 1.54) is 25.7 Å². The Kier molecular flexibility index (Phi) is 5.34. The molecule has 1 saturated heterocycles. The summed E-state index contributed by atoms with van der Waals surface area (Å²) in [5.74, 6) is 0.742. The van der Waals surface area contributed by atoms with Crippen molar-refractivity contribution in [1.82, 2.24) is 4.90 Å². The zero-order valence-corrected chi connectivity index (χ0v) is 11.9. The Morgan fingerprint density at radius 3 is 2.79 bits per heavy atom. The first-order valence-electron chi connectivity index (χ1n) is 7.43. The molecule has 0 aliphatic carbocycles. The second-order valence-corrected chi connectivity index (χ2v) is 5.58. The Labute approximate surface area is 115 Å². The van der Waals surface area contributed by atoms with E-state index in [-0.39, 0.29) is 12.4 Å². The lowest BCUT2D eigenvalue weighted by atomic mass is 9.98. The van der Waals surface area contributed by atoms with E-state index in [1.807, 2.05) is 12.1 Å². The molecule has 1 aliphatic rings. The van der Waals surface area contributed by atoms with Crippen molar-refractivity contribution < 1.29 is 4.39 Å². The van der Waals surface area contributed by atoms with Crippen LogP contribution in [0.2, 0.25) is 0 Å². The fourth-order valence-electron chi connectivity index (χ4n) is 2.94. The lowest BCUT2D eigenvalue weighted by Crippen LogP contribution is -2.25. The van der Waals surface area contributed by atoms with Crippen molar-refractivity contribution in [2.24, 2.45) is 11.7 Å². The van der Waals surface area contributed by atoms with E-state index < -0.39 is 0 Å². The van der Waals surface area contributed by atoms with Crippen LogP contribution in [0.5, 0.6) is 0 Å². The zero-order chi connectivity index (χ0) is 13.7. The third-order valence-electron chi connectivity index (χ3n) is 4.29. The van der Waals surface area contributed by atoms with E-state index in [4.69, 9.17) is 5.73 Å². The van der Waals surface area contributed by atoms with Gasteiger partial charge in [-0.2, -0.15) is 0 Å². The third-order valence-corrected chi connectivity index (χ3v) is 4.29. The van der Waals surface area contributed by atoms with E-state index in [0.717, 1.165) is 31.1 Å². The Morgan fingerprint density at radius 1 is 1.26 bits per heavy atom. The van der Waals surface area contributed by atoms with Crippen LogP contribution in [0.15, 0.2) is 18.2 Å². The van der Waals surface area contributed by atoms with Gasteiger partial charge in [-0.15, -0.1) is 0 Å². The highest BCUT2D eigenvalue weighted by Gasteiger charge is 2.17. The van der Waals surface area contributed by atoms with Crippen LogP contribution in [0.4, 0.5) is 4.39 Å². The summed E-state index contributed by atoms with van der Waals surface area (Å²) in [7, 11) is 0. The molecule has 0 radical (unpaired) electrons. The number of nitrogens with zero attached hydrogens (tertiary/aromatic N) is 1. The summed E-state index contributed by atoms with van der Waals surface area (Å²) in [5, 5.41) is 0. The topological polar surface area (TPSA) is 29.3 Å². The largest absolute Gasteiger partial charge is 0.326 e. The molecule has 3 heteroatoms. The minimum atomic E-state index is -0.110. The summed E-state index contributed by atoms with van der Waals surface area (Å²) >= 11 is 0. The average Bonchev–Trinajstić information content (AvgIpc) is 2.66. The molecule has 1 atom stereocenters. The first kappa shape index (κ1) is 14.5. The molecule has 0 spiro atoms. The van der Waals surface area contributed by atoms with Crippen molar-refractivity contribution in [2.45, 2.75) is 45.7 Å². The van der Waals surface area contributed by atoms with Crippen LogP contribution in [0.25, 0.3) is 0 Å². The van der Waals surface area contributed by atoms with E-state index in [2.05, 4.69) is 11.8 Å². The second kappa shape index (κ2) is 7.01. The molecule has 0 bridgehead atoms. The monoisotopic (exact) mass is 264 g/mol. The highest BCUT2D eigenvalue weighted by atomic mass is 19.1. The molecule has 0 amide bonds. The fourth-order valence-corrected chi connectivity index (χ4v) is 2.94. The fraction of sp³-hybridized carbons (Fsp3) is 0.625. The van der Waals surface area contributed by atoms with E-state index in [0.29, 0.717) is 5.56 Å². The van der Waals surface area contributed by atoms with Crippen molar-refractivity contribution >= 4 is 0 Å². The van der Waals surface area contributed by atoms with Crippen LogP contribution < -0.4 is 5.73 Å². The van der Waals surface area contributed by atoms with Gasteiger partial charge >= 0.3 is 0 Å². The molecule has 2 nitrogen and oxygen atoms in total. The molecule has 106 valence electrons. The highest BCUT2D eigenvalue weighted by molar-refractivity contribution is 5.25. The van der Waals surface area contributed by atoms with Crippen LogP contribution in [-0.2, 0) is 13.1 Å². The molecule has 1 unspecified atom stereocenters. The molecular formula is C16H25FN2. The van der Waals surface area contributed by atoms with Gasteiger partial charge in [-0.1, -0.05) is 31.5 Å². The number of hydrogen-bond donors (Lipinski definition) is 1. The first-order chi connectivity index (χ1) is 9.24. The minimum Gasteiger partial charge on any atom is -0.326 e. The van der Waals surface area contributed by atoms with Crippen LogP contribution in [-0.4, -0.2) is 18.0 Å². The van der Waals surface area contributed by atoms with Crippen molar-refractivity contribution in [3.63, 3.8) is 0 Å². The van der Waals surface area contributed by atoms with Gasteiger partial charge in [0.25, 0.3) is 0 Å². The maximum atomic E-state index is 14.2. The van der Waals surface area contributed by atoms with Gasteiger partial charge in [-0.3, -0.25) is 4.90 Å². The minimum absolute atomic E-state index is 0.110. The summed E-state index contributed by atoms with van der Waals surface area (Å²) in [5.41, 5.74) is 6.97. The molecule has 0 aromatic heterocycles. The van der Waals surface area contributed by atoms with E-state index in [9.17, 15) is 4.39 Å². The molecule has 1 aromatic carbocycles. The Balaban J connectivity index is 2.01. The molecular weight excluding hydrogens is 239 g/mol. The van der Waals surface area contributed by atoms with E-state index in [1.54, 1.807) is 6.07 Å². The maximum absolute atomic E-state index is 14.2. The standard InChI is InChI=1S/C16H25FN2/c1-2-13-5-4-9-19(10-8-13)12-15-7-3-6-14(11-18)16(15)17/h3,6-7,13H,2,4-5,8-12,18H2,1H3. The lowest BCUT2D eigenvalue weighted by molar-refractivity contribution is 0.268. The van der Waals surface area contributed by atoms with Gasteiger partial charge in [0.1, 0.15) is 5.82 Å². The number of hydrogen-bond acceptors (Lipinski definition) is 2. The van der Waals surface area contributed by atoms with Gasteiger partial charge in [0.15, 0.2) is 0 Å². The Hall–Kier alpha value is -0.930. The summed E-state index contributed by atoms with van der Waals surface area (Å²) in [6.07, 6.45) is 5.06. The van der Waals surface area contributed by atoms with Crippen molar-refractivity contribution in [2.75, 3.05) is 13.1 Å². The van der Waals surface area contributed by atoms with Gasteiger partial charge < -0.3 is 5.73 Å². The molecule has 1 heterocycles. The quantitative estimate of drug-likeness (QED) is 0.904. The van der Waals surface area contributed by atoms with Crippen molar-refractivity contribution in [3.05, 3.63) is 35.1 Å². The average molecular weight is 264 g/mol. The van der Waals surface area contributed by atoms with Gasteiger partial charge in [-0.05, 0) is 38.3 Å². The first-order valence-corrected chi connectivity index (χ1v) is 7.43. The predicted molar refractivity (Wildman–Crippen MR) is 77.2 cm³/mol. The number of rotatable bonds is 4. The zero-order valence-electron chi connectivity index (χ0n) is 11.9. The predicted octanol–water partition coefficient (Wildman–Crippen LogP) is 3.30. The SMILES string of the molecule is CCC1CCCN(Cc2cccc(CN)c2F)CC1. The van der Waals surface area contributed by atoms with Crippen LogP contribution in [0.1, 0.15) is 43.7 Å². The summed E-state index contributed by atoms with van der Waals surface area (Å²) in [6, 6.07) is 5.57. The molecule has 2 N–H and O–H groups in total. The highest BCUT2D eigenvalue weighted by Crippen LogP contribution is 2.22. The summed E-state index contributed by atoms with van der Waals surface area (Å²) in [4.78, 5) is 2.38. The Bertz CT molecular complexity index is 406. The Morgan fingerprint density at radius 2 is 2.05 bits per heavy atom. The van der Waals surface area contributed by atoms with Crippen molar-refractivity contribution in [1.29, 1.82) is 0 Å². The summed E-state index contributed by atoms with van der Waals surface area (Å²) in [6.45, 7) is 5.44. The second-order valence-electron chi connectivity index (χ2n) is 5.58. The normalized spacial score (nSPS) is 21.3. The third kappa shape index (κ3) is 3.77. The molecule has 1 aromatic rings. The van der Waals surface area contributed by atoms with E-state index >= 15 is 0 Å². The smallest absolute Gasteiger partial charge is 0.132 e. The van der Waals surface area contributed by atoms with Gasteiger partial charge in [0, 0.05) is 24.2 Å². The molecule has 1 fully saturated rings. The maximum Gasteiger partial charge on any atom is 0.132 e. The molecule has 2 rings (SSSR count). The summed E-state index contributed by atoms with van der Waals surface area (Å²) < 4.78 is 14.2. The molecule has 0 saturated carbocycles. The van der Waals surface area contributed by atoms with Crippen LogP contribution in [0.3, 0.4) is 0 Å². The number of halogens is 1. The van der Waals surface area contributed by atoms with Crippen LogP contribution >= 0.6 is 0 Å². The number of nitrogens with two attached hydrogens (primary N) is 1. The van der Waals surface area contributed by atoms with Gasteiger partial charge in [0.05, 0.1) is 0 Å². The van der Waals surface area contributed by atoms with Gasteiger partial charge in [-0.25, -0.2) is 4.39 Å². The number of likely N-dealkylation sites (tertiary alicyclic amines) is 1. The molecule has 19 heavy (non-hydrogen) atoms. The van der Waals surface area contributed by atoms with Crippen LogP contribution in [0, 0.1) is 11.7 Å².